The smallest absolute Gasteiger partial charge is 0.283 e. The minimum absolute atomic E-state index is 0.0398. The lowest BCUT2D eigenvalue weighted by molar-refractivity contribution is -0.387. The number of benzene rings is 1. The number of hydrogen-bond donors (Lipinski definition) is 1. The van der Waals surface area contributed by atoms with Gasteiger partial charge in [0, 0.05) is 6.07 Å². The predicted octanol–water partition coefficient (Wildman–Crippen LogP) is 1.36. The molecule has 0 amide bonds. The van der Waals surface area contributed by atoms with Gasteiger partial charge in [-0.25, -0.2) is 4.68 Å². The van der Waals surface area contributed by atoms with E-state index in [1.807, 2.05) is 0 Å². The van der Waals surface area contributed by atoms with Crippen molar-refractivity contribution in [2.24, 2.45) is 0 Å². The van der Waals surface area contributed by atoms with Gasteiger partial charge in [-0.2, -0.15) is 0 Å². The van der Waals surface area contributed by atoms with Gasteiger partial charge in [0.25, 0.3) is 5.69 Å². The van der Waals surface area contributed by atoms with Crippen LogP contribution in [-0.4, -0.2) is 19.8 Å². The molecule has 0 aliphatic rings. The molecule has 0 aliphatic carbocycles. The Bertz CT molecular complexity index is 568. The van der Waals surface area contributed by atoms with Crippen molar-refractivity contribution < 1.29 is 4.92 Å². The van der Waals surface area contributed by atoms with Crippen molar-refractivity contribution in [3.63, 3.8) is 0 Å². The Morgan fingerprint density at radius 2 is 2.29 bits per heavy atom. The van der Waals surface area contributed by atoms with Crippen LogP contribution in [0.3, 0.4) is 0 Å². The predicted molar refractivity (Wildman–Crippen MR) is 62.1 cm³/mol. The van der Waals surface area contributed by atoms with E-state index in [0.29, 0.717) is 10.1 Å². The Hall–Kier alpha value is -2.09. The Balaban J connectivity index is 2.39. The first kappa shape index (κ1) is 11.4. The average molecular weight is 251 g/mol. The molecule has 17 heavy (non-hydrogen) atoms. The van der Waals surface area contributed by atoms with Crippen molar-refractivity contribution in [2.45, 2.75) is 17.0 Å². The highest BCUT2D eigenvalue weighted by Gasteiger charge is 2.16. The summed E-state index contributed by atoms with van der Waals surface area (Å²) in [4.78, 5) is 11.0. The van der Waals surface area contributed by atoms with Gasteiger partial charge in [0.15, 0.2) is 0 Å². The monoisotopic (exact) mass is 251 g/mol. The second-order valence-electron chi connectivity index (χ2n) is 3.35. The van der Waals surface area contributed by atoms with E-state index >= 15 is 0 Å². The Labute approximate surface area is 101 Å². The van der Waals surface area contributed by atoms with Crippen molar-refractivity contribution in [2.75, 3.05) is 5.84 Å². The number of hydrogen-bond acceptors (Lipinski definition) is 6. The molecule has 8 heteroatoms. The molecule has 2 N–H and O–H groups in total. The maximum atomic E-state index is 10.9. The van der Waals surface area contributed by atoms with Crippen LogP contribution in [0.4, 0.5) is 5.69 Å². The number of aryl methyl sites for hydroxylation is 1. The van der Waals surface area contributed by atoms with E-state index in [-0.39, 0.29) is 5.69 Å². The molecule has 2 aromatic rings. The van der Waals surface area contributed by atoms with Crippen molar-refractivity contribution in [1.29, 1.82) is 0 Å². The lowest BCUT2D eigenvalue weighted by Gasteiger charge is -2.02. The molecule has 0 unspecified atom stereocenters. The maximum Gasteiger partial charge on any atom is 0.283 e. The molecule has 0 spiro atoms. The van der Waals surface area contributed by atoms with E-state index in [1.165, 1.54) is 17.1 Å². The fourth-order valence-corrected chi connectivity index (χ4v) is 2.07. The van der Waals surface area contributed by atoms with Crippen LogP contribution < -0.4 is 5.84 Å². The molecule has 7 nitrogen and oxygen atoms in total. The van der Waals surface area contributed by atoms with E-state index in [9.17, 15) is 10.1 Å². The molecule has 0 bridgehead atoms. The van der Waals surface area contributed by atoms with E-state index < -0.39 is 4.92 Å². The SMILES string of the molecule is Cc1ccc(Sc2nncn2N)c([N+](=O)[O-])c1. The van der Waals surface area contributed by atoms with Crippen LogP contribution in [0.25, 0.3) is 0 Å². The van der Waals surface area contributed by atoms with Gasteiger partial charge >= 0.3 is 0 Å². The Kier molecular flexibility index (Phi) is 2.96. The molecule has 0 radical (unpaired) electrons. The second-order valence-corrected chi connectivity index (χ2v) is 4.36. The zero-order valence-electron chi connectivity index (χ0n) is 8.90. The molecule has 0 atom stereocenters. The summed E-state index contributed by atoms with van der Waals surface area (Å²) in [5, 5.41) is 18.7. The highest BCUT2D eigenvalue weighted by atomic mass is 32.2. The van der Waals surface area contributed by atoms with Gasteiger partial charge in [0.2, 0.25) is 5.16 Å². The lowest BCUT2D eigenvalue weighted by atomic mass is 10.2. The largest absolute Gasteiger partial charge is 0.336 e. The molecule has 0 aliphatic heterocycles. The van der Waals surface area contributed by atoms with Crippen LogP contribution in [0.5, 0.6) is 0 Å². The lowest BCUT2D eigenvalue weighted by Crippen LogP contribution is -2.07. The van der Waals surface area contributed by atoms with Crippen molar-refractivity contribution in [1.82, 2.24) is 14.9 Å². The second kappa shape index (κ2) is 4.42. The van der Waals surface area contributed by atoms with Gasteiger partial charge in [-0.05, 0) is 30.3 Å². The summed E-state index contributed by atoms with van der Waals surface area (Å²) in [6.07, 6.45) is 1.34. The van der Waals surface area contributed by atoms with Crippen LogP contribution in [0.2, 0.25) is 0 Å². The number of nitrogen functional groups attached to an aromatic ring is 1. The van der Waals surface area contributed by atoms with Gasteiger partial charge < -0.3 is 5.84 Å². The molecular formula is C9H9N5O2S. The van der Waals surface area contributed by atoms with E-state index in [1.54, 1.807) is 19.1 Å². The third kappa shape index (κ3) is 2.36. The van der Waals surface area contributed by atoms with Crippen molar-refractivity contribution in [3.05, 3.63) is 40.2 Å². The van der Waals surface area contributed by atoms with E-state index in [4.69, 9.17) is 5.84 Å². The normalized spacial score (nSPS) is 10.4. The van der Waals surface area contributed by atoms with Crippen LogP contribution in [0.15, 0.2) is 34.6 Å². The van der Waals surface area contributed by atoms with Gasteiger partial charge in [-0.15, -0.1) is 10.2 Å². The third-order valence-electron chi connectivity index (χ3n) is 2.05. The fourth-order valence-electron chi connectivity index (χ4n) is 1.26. The van der Waals surface area contributed by atoms with E-state index in [0.717, 1.165) is 17.3 Å². The molecule has 1 aromatic carbocycles. The number of aromatic nitrogens is 3. The number of nitrogens with zero attached hydrogens (tertiary/aromatic N) is 4. The molecule has 88 valence electrons. The topological polar surface area (TPSA) is 99.9 Å². The summed E-state index contributed by atoms with van der Waals surface area (Å²) < 4.78 is 1.22. The number of rotatable bonds is 3. The van der Waals surface area contributed by atoms with Crippen LogP contribution in [0, 0.1) is 17.0 Å². The summed E-state index contributed by atoms with van der Waals surface area (Å²) in [6.45, 7) is 1.80. The quantitative estimate of drug-likeness (QED) is 0.502. The first-order chi connectivity index (χ1) is 8.08. The minimum atomic E-state index is -0.424. The van der Waals surface area contributed by atoms with Gasteiger partial charge in [0.05, 0.1) is 9.82 Å². The van der Waals surface area contributed by atoms with Crippen LogP contribution in [0.1, 0.15) is 5.56 Å². The zero-order chi connectivity index (χ0) is 12.4. The zero-order valence-corrected chi connectivity index (χ0v) is 9.72. The molecule has 2 rings (SSSR count). The van der Waals surface area contributed by atoms with Crippen LogP contribution in [-0.2, 0) is 0 Å². The molecule has 0 saturated carbocycles. The average Bonchev–Trinajstić information content (AvgIpc) is 2.67. The van der Waals surface area contributed by atoms with Crippen molar-refractivity contribution in [3.8, 4) is 0 Å². The highest BCUT2D eigenvalue weighted by molar-refractivity contribution is 7.99. The highest BCUT2D eigenvalue weighted by Crippen LogP contribution is 2.33. The molecule has 1 aromatic heterocycles. The third-order valence-corrected chi connectivity index (χ3v) is 3.09. The fraction of sp³-hybridized carbons (Fsp3) is 0.111. The summed E-state index contributed by atoms with van der Waals surface area (Å²) >= 11 is 1.11. The maximum absolute atomic E-state index is 10.9. The van der Waals surface area contributed by atoms with Crippen LogP contribution >= 0.6 is 11.8 Å². The molecule has 1 heterocycles. The first-order valence-electron chi connectivity index (χ1n) is 4.66. The minimum Gasteiger partial charge on any atom is -0.336 e. The Morgan fingerprint density at radius 1 is 1.53 bits per heavy atom. The number of nitro groups is 1. The number of nitro benzene ring substituents is 1. The first-order valence-corrected chi connectivity index (χ1v) is 5.47. The van der Waals surface area contributed by atoms with Crippen molar-refractivity contribution >= 4 is 17.4 Å². The summed E-state index contributed by atoms with van der Waals surface area (Å²) in [7, 11) is 0. The van der Waals surface area contributed by atoms with Gasteiger partial charge in [-0.1, -0.05) is 6.07 Å². The molecule has 0 saturated heterocycles. The summed E-state index contributed by atoms with van der Waals surface area (Å²) in [6, 6.07) is 4.99. The van der Waals surface area contributed by atoms with Gasteiger partial charge in [0.1, 0.15) is 6.33 Å². The van der Waals surface area contributed by atoms with Gasteiger partial charge in [-0.3, -0.25) is 10.1 Å². The Morgan fingerprint density at radius 3 is 2.88 bits per heavy atom. The molecular weight excluding hydrogens is 242 g/mol. The standard InChI is InChI=1S/C9H9N5O2S/c1-6-2-3-8(7(4-6)14(15)16)17-9-12-11-5-13(9)10/h2-5H,10H2,1H3. The number of nitrogens with two attached hydrogens (primary N) is 1. The summed E-state index contributed by atoms with van der Waals surface area (Å²) in [5.74, 6) is 5.55. The summed E-state index contributed by atoms with van der Waals surface area (Å²) in [5.41, 5.74) is 0.869. The van der Waals surface area contributed by atoms with E-state index in [2.05, 4.69) is 10.2 Å². The molecule has 0 fully saturated rings.